The highest BCUT2D eigenvalue weighted by Gasteiger charge is 2.25. The second kappa shape index (κ2) is 6.59. The Labute approximate surface area is 141 Å². The number of benzene rings is 1. The van der Waals surface area contributed by atoms with E-state index in [0.717, 1.165) is 47.9 Å². The molecule has 0 radical (unpaired) electrons. The molecule has 3 rings (SSSR count). The molecule has 2 heterocycles. The zero-order valence-electron chi connectivity index (χ0n) is 14.0. The average molecular weight is 332 g/mol. The van der Waals surface area contributed by atoms with E-state index >= 15 is 0 Å². The van der Waals surface area contributed by atoms with Crippen LogP contribution in [0, 0.1) is 0 Å². The average Bonchev–Trinajstić information content (AvgIpc) is 2.86. The molecule has 2 aromatic rings. The molecule has 1 saturated heterocycles. The first-order valence-electron chi connectivity index (χ1n) is 8.11. The molecule has 0 bridgehead atoms. The third-order valence-corrected chi connectivity index (χ3v) is 5.07. The van der Waals surface area contributed by atoms with Gasteiger partial charge in [0.15, 0.2) is 0 Å². The maximum atomic E-state index is 12.6. The van der Waals surface area contributed by atoms with Crippen molar-refractivity contribution in [3.05, 3.63) is 34.7 Å². The number of nitrogens with zero attached hydrogens (tertiary/aromatic N) is 1. The molecule has 0 unspecified atom stereocenters. The number of fused-ring (bicyclic) bond motifs is 1. The summed E-state index contributed by atoms with van der Waals surface area (Å²) in [4.78, 5) is 15.8. The molecule has 124 valence electrons. The second-order valence-corrected chi connectivity index (χ2v) is 7.99. The largest absolute Gasteiger partial charge is 0.456 e. The summed E-state index contributed by atoms with van der Waals surface area (Å²) in [6.45, 7) is 10.6. The van der Waals surface area contributed by atoms with Gasteiger partial charge in [0, 0.05) is 37.4 Å². The standard InChI is InChI=1S/C18H24N2O2S/c1-18(2,3)22-17(21)16-14(12-20-10-8-19-9-11-20)13-6-4-5-7-15(13)23-16/h4-7,19H,8-12H2,1-3H3. The van der Waals surface area contributed by atoms with Crippen LogP contribution in [0.5, 0.6) is 0 Å². The maximum Gasteiger partial charge on any atom is 0.349 e. The Hall–Kier alpha value is -1.43. The number of piperazine rings is 1. The van der Waals surface area contributed by atoms with Crippen LogP contribution in [0.4, 0.5) is 0 Å². The van der Waals surface area contributed by atoms with Gasteiger partial charge in [0.2, 0.25) is 0 Å². The van der Waals surface area contributed by atoms with Gasteiger partial charge in [-0.3, -0.25) is 4.90 Å². The Kier molecular flexibility index (Phi) is 4.71. The van der Waals surface area contributed by atoms with Gasteiger partial charge in [-0.2, -0.15) is 0 Å². The SMILES string of the molecule is CC(C)(C)OC(=O)c1sc2ccccc2c1CN1CCNCC1. The molecular weight excluding hydrogens is 308 g/mol. The van der Waals surface area contributed by atoms with Crippen molar-refractivity contribution in [2.45, 2.75) is 32.9 Å². The molecule has 23 heavy (non-hydrogen) atoms. The molecule has 4 nitrogen and oxygen atoms in total. The maximum absolute atomic E-state index is 12.6. The molecule has 0 aliphatic carbocycles. The van der Waals surface area contributed by atoms with Crippen LogP contribution < -0.4 is 5.32 Å². The van der Waals surface area contributed by atoms with Crippen LogP contribution in [-0.4, -0.2) is 42.6 Å². The van der Waals surface area contributed by atoms with Gasteiger partial charge in [0.1, 0.15) is 10.5 Å². The van der Waals surface area contributed by atoms with Gasteiger partial charge in [0.05, 0.1) is 0 Å². The summed E-state index contributed by atoms with van der Waals surface area (Å²) in [7, 11) is 0. The first-order chi connectivity index (χ1) is 10.9. The smallest absolute Gasteiger partial charge is 0.349 e. The fourth-order valence-corrected chi connectivity index (χ4v) is 3.93. The number of carbonyl (C=O) groups is 1. The van der Waals surface area contributed by atoms with E-state index in [1.807, 2.05) is 32.9 Å². The number of thiophene rings is 1. The molecule has 1 aromatic carbocycles. The lowest BCUT2D eigenvalue weighted by molar-refractivity contribution is 0.00734. The predicted octanol–water partition coefficient (Wildman–Crippen LogP) is 3.26. The fourth-order valence-electron chi connectivity index (χ4n) is 2.84. The number of esters is 1. The van der Waals surface area contributed by atoms with E-state index in [4.69, 9.17) is 4.74 Å². The molecule has 5 heteroatoms. The van der Waals surface area contributed by atoms with Crippen molar-refractivity contribution in [3.63, 3.8) is 0 Å². The molecule has 0 atom stereocenters. The van der Waals surface area contributed by atoms with E-state index in [1.165, 1.54) is 5.39 Å². The van der Waals surface area contributed by atoms with Crippen LogP contribution >= 0.6 is 11.3 Å². The molecule has 0 saturated carbocycles. The normalized spacial score (nSPS) is 16.7. The molecule has 1 fully saturated rings. The molecule has 1 aliphatic heterocycles. The summed E-state index contributed by atoms with van der Waals surface area (Å²) >= 11 is 1.54. The Morgan fingerprint density at radius 1 is 1.26 bits per heavy atom. The van der Waals surface area contributed by atoms with Gasteiger partial charge in [0.25, 0.3) is 0 Å². The highest BCUT2D eigenvalue weighted by molar-refractivity contribution is 7.21. The van der Waals surface area contributed by atoms with E-state index in [-0.39, 0.29) is 5.97 Å². The van der Waals surface area contributed by atoms with E-state index in [1.54, 1.807) is 11.3 Å². The van der Waals surface area contributed by atoms with Gasteiger partial charge in [-0.1, -0.05) is 18.2 Å². The molecule has 0 amide bonds. The molecule has 0 spiro atoms. The minimum absolute atomic E-state index is 0.205. The lowest BCUT2D eigenvalue weighted by Crippen LogP contribution is -2.43. The van der Waals surface area contributed by atoms with Crippen LogP contribution in [-0.2, 0) is 11.3 Å². The number of hydrogen-bond acceptors (Lipinski definition) is 5. The predicted molar refractivity (Wildman–Crippen MR) is 95.1 cm³/mol. The summed E-state index contributed by atoms with van der Waals surface area (Å²) in [5.74, 6) is -0.205. The third-order valence-electron chi connectivity index (χ3n) is 3.87. The lowest BCUT2D eigenvalue weighted by atomic mass is 10.1. The number of ether oxygens (including phenoxy) is 1. The first kappa shape index (κ1) is 16.4. The Morgan fingerprint density at radius 2 is 1.96 bits per heavy atom. The van der Waals surface area contributed by atoms with Gasteiger partial charge >= 0.3 is 5.97 Å². The summed E-state index contributed by atoms with van der Waals surface area (Å²) in [6, 6.07) is 8.24. The van der Waals surface area contributed by atoms with Crippen LogP contribution in [0.2, 0.25) is 0 Å². The summed E-state index contributed by atoms with van der Waals surface area (Å²) in [5, 5.41) is 4.55. The van der Waals surface area contributed by atoms with Gasteiger partial charge in [-0.05, 0) is 37.8 Å². The highest BCUT2D eigenvalue weighted by Crippen LogP contribution is 2.33. The minimum atomic E-state index is -0.473. The first-order valence-corrected chi connectivity index (χ1v) is 8.92. The van der Waals surface area contributed by atoms with Gasteiger partial charge in [-0.15, -0.1) is 11.3 Å². The molecular formula is C18H24N2O2S. The van der Waals surface area contributed by atoms with Gasteiger partial charge in [-0.25, -0.2) is 4.79 Å². The topological polar surface area (TPSA) is 41.6 Å². The minimum Gasteiger partial charge on any atom is -0.456 e. The van der Waals surface area contributed by atoms with E-state index in [0.29, 0.717) is 0 Å². The van der Waals surface area contributed by atoms with Gasteiger partial charge < -0.3 is 10.1 Å². The van der Waals surface area contributed by atoms with Crippen LogP contribution in [0.25, 0.3) is 10.1 Å². The van der Waals surface area contributed by atoms with Crippen molar-refractivity contribution in [3.8, 4) is 0 Å². The van der Waals surface area contributed by atoms with Crippen molar-refractivity contribution in [1.29, 1.82) is 0 Å². The summed E-state index contributed by atoms with van der Waals surface area (Å²) in [5.41, 5.74) is 0.640. The van der Waals surface area contributed by atoms with Crippen molar-refractivity contribution >= 4 is 27.4 Å². The van der Waals surface area contributed by atoms with Crippen molar-refractivity contribution in [2.24, 2.45) is 0 Å². The number of hydrogen-bond donors (Lipinski definition) is 1. The third kappa shape index (κ3) is 3.91. The monoisotopic (exact) mass is 332 g/mol. The number of rotatable bonds is 3. The Balaban J connectivity index is 1.95. The van der Waals surface area contributed by atoms with Crippen LogP contribution in [0.15, 0.2) is 24.3 Å². The van der Waals surface area contributed by atoms with E-state index < -0.39 is 5.60 Å². The number of carbonyl (C=O) groups excluding carboxylic acids is 1. The Morgan fingerprint density at radius 3 is 2.65 bits per heavy atom. The van der Waals surface area contributed by atoms with Crippen molar-refractivity contribution < 1.29 is 9.53 Å². The van der Waals surface area contributed by atoms with Crippen LogP contribution in [0.3, 0.4) is 0 Å². The summed E-state index contributed by atoms with van der Waals surface area (Å²) in [6.07, 6.45) is 0. The zero-order valence-corrected chi connectivity index (χ0v) is 14.8. The highest BCUT2D eigenvalue weighted by atomic mass is 32.1. The van der Waals surface area contributed by atoms with Crippen molar-refractivity contribution in [1.82, 2.24) is 10.2 Å². The second-order valence-electron chi connectivity index (χ2n) is 6.93. The van der Waals surface area contributed by atoms with Crippen molar-refractivity contribution in [2.75, 3.05) is 26.2 Å². The number of nitrogens with one attached hydrogen (secondary N) is 1. The van der Waals surface area contributed by atoms with Crippen LogP contribution in [0.1, 0.15) is 36.0 Å². The molecule has 1 aromatic heterocycles. The zero-order chi connectivity index (χ0) is 16.4. The quantitative estimate of drug-likeness (QED) is 0.876. The Bertz CT molecular complexity index is 697. The lowest BCUT2D eigenvalue weighted by Gasteiger charge is -2.27. The van der Waals surface area contributed by atoms with E-state index in [2.05, 4.69) is 22.3 Å². The fraction of sp³-hybridized carbons (Fsp3) is 0.500. The summed E-state index contributed by atoms with van der Waals surface area (Å²) < 4.78 is 6.78. The van der Waals surface area contributed by atoms with E-state index in [9.17, 15) is 4.79 Å². The molecule has 1 N–H and O–H groups in total. The molecule has 1 aliphatic rings.